The Morgan fingerprint density at radius 1 is 0.938 bits per heavy atom. The average molecular weight is 453 g/mol. The predicted molar refractivity (Wildman–Crippen MR) is 126 cm³/mol. The first-order valence-corrected chi connectivity index (χ1v) is 13.1. The van der Waals surface area contributed by atoms with Gasteiger partial charge in [0.05, 0.1) is 10.6 Å². The zero-order chi connectivity index (χ0) is 22.5. The lowest BCUT2D eigenvalue weighted by atomic mass is 9.53. The molecule has 0 radical (unpaired) electrons. The fourth-order valence-electron chi connectivity index (χ4n) is 6.67. The largest absolute Gasteiger partial charge is 0.349 e. The van der Waals surface area contributed by atoms with Crippen molar-refractivity contribution in [3.05, 3.63) is 59.7 Å². The van der Waals surface area contributed by atoms with Crippen molar-refractivity contribution in [3.63, 3.8) is 0 Å². The van der Waals surface area contributed by atoms with E-state index >= 15 is 0 Å². The van der Waals surface area contributed by atoms with Gasteiger partial charge in [-0.15, -0.1) is 0 Å². The first-order valence-electron chi connectivity index (χ1n) is 11.7. The van der Waals surface area contributed by atoms with Gasteiger partial charge in [-0.2, -0.15) is 0 Å². The molecule has 32 heavy (non-hydrogen) atoms. The van der Waals surface area contributed by atoms with Gasteiger partial charge in [0.15, 0.2) is 0 Å². The van der Waals surface area contributed by atoms with E-state index in [1.54, 1.807) is 30.3 Å². The van der Waals surface area contributed by atoms with Crippen molar-refractivity contribution < 1.29 is 13.2 Å². The van der Waals surface area contributed by atoms with E-state index in [0.717, 1.165) is 30.4 Å². The van der Waals surface area contributed by atoms with Crippen LogP contribution < -0.4 is 9.62 Å². The highest BCUT2D eigenvalue weighted by atomic mass is 32.2. The zero-order valence-electron chi connectivity index (χ0n) is 18.9. The molecule has 0 aliphatic heterocycles. The van der Waals surface area contributed by atoms with Gasteiger partial charge in [0, 0.05) is 5.54 Å². The maximum atomic E-state index is 13.6. The predicted octanol–water partition coefficient (Wildman–Crippen LogP) is 4.58. The Morgan fingerprint density at radius 3 is 2.09 bits per heavy atom. The SMILES string of the molecule is Cc1ccc(S(=O)(=O)N(CC(=O)NC23CC4CC(CC(C4)C2)C3)c2cccc(C)c2)cc1. The molecule has 1 N–H and O–H groups in total. The monoisotopic (exact) mass is 452 g/mol. The first kappa shape index (κ1) is 21.5. The number of sulfonamides is 1. The fourth-order valence-corrected chi connectivity index (χ4v) is 8.08. The Hall–Kier alpha value is -2.34. The Kier molecular flexibility index (Phi) is 5.31. The third-order valence-corrected chi connectivity index (χ3v) is 9.42. The molecule has 4 saturated carbocycles. The van der Waals surface area contributed by atoms with Gasteiger partial charge in [-0.05, 0) is 100.0 Å². The van der Waals surface area contributed by atoms with Gasteiger partial charge < -0.3 is 5.32 Å². The molecule has 6 rings (SSSR count). The van der Waals surface area contributed by atoms with Crippen LogP contribution in [0.1, 0.15) is 49.7 Å². The van der Waals surface area contributed by atoms with Crippen LogP contribution in [0.2, 0.25) is 0 Å². The van der Waals surface area contributed by atoms with Crippen LogP contribution in [-0.2, 0) is 14.8 Å². The van der Waals surface area contributed by atoms with Crippen LogP contribution in [0, 0.1) is 31.6 Å². The van der Waals surface area contributed by atoms with Gasteiger partial charge in [-0.3, -0.25) is 9.10 Å². The molecule has 4 aliphatic carbocycles. The summed E-state index contributed by atoms with van der Waals surface area (Å²) in [7, 11) is -3.88. The Morgan fingerprint density at radius 2 is 1.53 bits per heavy atom. The molecule has 0 unspecified atom stereocenters. The third kappa shape index (κ3) is 4.05. The van der Waals surface area contributed by atoms with Crippen molar-refractivity contribution in [2.45, 2.75) is 62.8 Å². The topological polar surface area (TPSA) is 66.5 Å². The summed E-state index contributed by atoms with van der Waals surface area (Å²) in [5.74, 6) is 1.94. The molecule has 0 atom stereocenters. The van der Waals surface area contributed by atoms with E-state index in [1.165, 1.54) is 23.6 Å². The molecule has 2 aromatic carbocycles. The number of hydrogen-bond acceptors (Lipinski definition) is 3. The summed E-state index contributed by atoms with van der Waals surface area (Å²) in [6, 6.07) is 14.2. The van der Waals surface area contributed by atoms with Gasteiger partial charge in [0.1, 0.15) is 6.54 Å². The van der Waals surface area contributed by atoms with Crippen LogP contribution in [0.3, 0.4) is 0 Å². The van der Waals surface area contributed by atoms with E-state index in [-0.39, 0.29) is 22.9 Å². The van der Waals surface area contributed by atoms with Gasteiger partial charge in [-0.1, -0.05) is 29.8 Å². The second-order valence-corrected chi connectivity index (χ2v) is 12.3. The second-order valence-electron chi connectivity index (χ2n) is 10.4. The molecule has 5 nitrogen and oxygen atoms in total. The van der Waals surface area contributed by atoms with E-state index < -0.39 is 10.0 Å². The molecule has 2 aromatic rings. The van der Waals surface area contributed by atoms with Gasteiger partial charge in [0.25, 0.3) is 10.0 Å². The molecular formula is C26H32N2O3S. The summed E-state index contributed by atoms with van der Waals surface area (Å²) in [6.45, 7) is 3.64. The Labute approximate surface area is 191 Å². The summed E-state index contributed by atoms with van der Waals surface area (Å²) < 4.78 is 28.5. The van der Waals surface area contributed by atoms with Crippen LogP contribution in [0.25, 0.3) is 0 Å². The molecule has 6 heteroatoms. The molecule has 170 valence electrons. The number of carbonyl (C=O) groups excluding carboxylic acids is 1. The minimum absolute atomic E-state index is 0.141. The Bertz CT molecular complexity index is 1090. The summed E-state index contributed by atoms with van der Waals surface area (Å²) in [5.41, 5.74) is 2.32. The standard InChI is InChI=1S/C26H32N2O3S/c1-18-6-8-24(9-7-18)32(30,31)28(23-5-3-4-19(2)10-23)17-25(29)27-26-14-20-11-21(15-26)13-22(12-20)16-26/h3-10,20-22H,11-17H2,1-2H3,(H,27,29). The quantitative estimate of drug-likeness (QED) is 0.697. The number of benzene rings is 2. The van der Waals surface area contributed by atoms with Crippen LogP contribution in [0.15, 0.2) is 53.4 Å². The van der Waals surface area contributed by atoms with E-state index in [1.807, 2.05) is 32.0 Å². The fraction of sp³-hybridized carbons (Fsp3) is 0.500. The smallest absolute Gasteiger partial charge is 0.264 e. The minimum atomic E-state index is -3.88. The van der Waals surface area contributed by atoms with Crippen LogP contribution in [0.5, 0.6) is 0 Å². The van der Waals surface area contributed by atoms with Crippen molar-refractivity contribution >= 4 is 21.6 Å². The number of aryl methyl sites for hydroxylation is 2. The summed E-state index contributed by atoms with van der Waals surface area (Å²) >= 11 is 0. The highest BCUT2D eigenvalue weighted by molar-refractivity contribution is 7.92. The van der Waals surface area contributed by atoms with Crippen LogP contribution >= 0.6 is 0 Å². The van der Waals surface area contributed by atoms with Gasteiger partial charge >= 0.3 is 0 Å². The van der Waals surface area contributed by atoms with Crippen LogP contribution in [-0.4, -0.2) is 26.4 Å². The molecule has 4 bridgehead atoms. The number of hydrogen-bond donors (Lipinski definition) is 1. The lowest BCUT2D eigenvalue weighted by Crippen LogP contribution is -2.61. The summed E-state index contributed by atoms with van der Waals surface area (Å²) in [5, 5.41) is 3.33. The summed E-state index contributed by atoms with van der Waals surface area (Å²) in [6.07, 6.45) is 7.02. The van der Waals surface area contributed by atoms with E-state index in [0.29, 0.717) is 23.4 Å². The molecule has 0 heterocycles. The minimum Gasteiger partial charge on any atom is -0.349 e. The van der Waals surface area contributed by atoms with Crippen molar-refractivity contribution in [1.82, 2.24) is 5.32 Å². The van der Waals surface area contributed by atoms with E-state index in [2.05, 4.69) is 5.32 Å². The first-order chi connectivity index (χ1) is 15.2. The van der Waals surface area contributed by atoms with Crippen molar-refractivity contribution in [1.29, 1.82) is 0 Å². The lowest BCUT2D eigenvalue weighted by Gasteiger charge is -2.57. The molecule has 0 spiro atoms. The zero-order valence-corrected chi connectivity index (χ0v) is 19.7. The number of nitrogens with one attached hydrogen (secondary N) is 1. The molecule has 4 aliphatic rings. The van der Waals surface area contributed by atoms with E-state index in [9.17, 15) is 13.2 Å². The van der Waals surface area contributed by atoms with Crippen LogP contribution in [0.4, 0.5) is 5.69 Å². The maximum absolute atomic E-state index is 13.6. The number of carbonyl (C=O) groups is 1. The van der Waals surface area contributed by atoms with Crippen molar-refractivity contribution in [2.75, 3.05) is 10.8 Å². The highest BCUT2D eigenvalue weighted by Gasteiger charge is 2.51. The van der Waals surface area contributed by atoms with Crippen molar-refractivity contribution in [3.8, 4) is 0 Å². The van der Waals surface area contributed by atoms with Gasteiger partial charge in [0.2, 0.25) is 5.91 Å². The maximum Gasteiger partial charge on any atom is 0.264 e. The third-order valence-electron chi connectivity index (χ3n) is 7.63. The normalized spacial score (nSPS) is 28.5. The number of rotatable bonds is 6. The van der Waals surface area contributed by atoms with E-state index in [4.69, 9.17) is 0 Å². The van der Waals surface area contributed by atoms with Gasteiger partial charge in [-0.25, -0.2) is 8.42 Å². The highest BCUT2D eigenvalue weighted by Crippen LogP contribution is 2.55. The number of amides is 1. The molecule has 1 amide bonds. The molecular weight excluding hydrogens is 420 g/mol. The second kappa shape index (κ2) is 7.91. The summed E-state index contributed by atoms with van der Waals surface area (Å²) in [4.78, 5) is 13.5. The lowest BCUT2D eigenvalue weighted by molar-refractivity contribution is -0.125. The number of nitrogens with zero attached hydrogens (tertiary/aromatic N) is 1. The Balaban J connectivity index is 1.42. The number of anilines is 1. The molecule has 4 fully saturated rings. The molecule has 0 aromatic heterocycles. The van der Waals surface area contributed by atoms with Crippen molar-refractivity contribution in [2.24, 2.45) is 17.8 Å². The molecule has 0 saturated heterocycles. The average Bonchev–Trinajstić information content (AvgIpc) is 2.71.